The topological polar surface area (TPSA) is 144 Å². The predicted octanol–water partition coefficient (Wildman–Crippen LogP) is 10.7. The molecular weight excluding hydrogens is 813 g/mol. The van der Waals surface area contributed by atoms with Crippen molar-refractivity contribution in [3.8, 4) is 0 Å². The molecule has 7 rings (SSSR count). The Kier molecular flexibility index (Phi) is 24.0. The summed E-state index contributed by atoms with van der Waals surface area (Å²) in [5.41, 5.74) is 6.46. The van der Waals surface area contributed by atoms with E-state index in [1.54, 1.807) is 13.1 Å². The van der Waals surface area contributed by atoms with Crippen molar-refractivity contribution >= 4 is 52.1 Å². The second-order valence-electron chi connectivity index (χ2n) is 18.1. The highest BCUT2D eigenvalue weighted by Crippen LogP contribution is 2.31. The van der Waals surface area contributed by atoms with Crippen LogP contribution in [0.15, 0.2) is 54.9 Å². The average Bonchev–Trinajstić information content (AvgIpc) is 3.76. The van der Waals surface area contributed by atoms with Crippen LogP contribution in [0.2, 0.25) is 0 Å². The normalized spacial score (nSPS) is 17.0. The highest BCUT2D eigenvalue weighted by Gasteiger charge is 2.25. The first kappa shape index (κ1) is 54.2. The fourth-order valence-electron chi connectivity index (χ4n) is 8.17. The summed E-state index contributed by atoms with van der Waals surface area (Å²) in [7, 11) is 1.89. The summed E-state index contributed by atoms with van der Waals surface area (Å²) in [5.74, 6) is 3.99. The molecule has 3 saturated heterocycles. The Labute approximate surface area is 391 Å². The van der Waals surface area contributed by atoms with Crippen LogP contribution >= 0.6 is 0 Å². The molecule has 6 heterocycles. The van der Waals surface area contributed by atoms with Gasteiger partial charge in [0.05, 0.1) is 5.52 Å². The summed E-state index contributed by atoms with van der Waals surface area (Å²) < 4.78 is 0. The number of anilines is 3. The number of aromatic nitrogens is 3. The first-order valence-corrected chi connectivity index (χ1v) is 24.5. The zero-order chi connectivity index (χ0) is 47.9. The van der Waals surface area contributed by atoms with Crippen molar-refractivity contribution in [2.24, 2.45) is 17.8 Å². The minimum atomic E-state index is -0.141. The molecule has 1 aromatic carbocycles. The monoisotopic (exact) mass is 895 g/mol. The second-order valence-corrected chi connectivity index (χ2v) is 18.1. The van der Waals surface area contributed by atoms with Crippen LogP contribution in [0.1, 0.15) is 158 Å². The van der Waals surface area contributed by atoms with E-state index in [9.17, 15) is 19.2 Å². The summed E-state index contributed by atoms with van der Waals surface area (Å²) in [5, 5.41) is 6.51. The Morgan fingerprint density at radius 1 is 0.908 bits per heavy atom. The van der Waals surface area contributed by atoms with Gasteiger partial charge in [-0.1, -0.05) is 87.3 Å². The molecule has 65 heavy (non-hydrogen) atoms. The number of hydrogen-bond donors (Lipinski definition) is 3. The summed E-state index contributed by atoms with van der Waals surface area (Å²) in [4.78, 5) is 63.6. The number of hydrogen-bond acceptors (Lipinski definition) is 10. The van der Waals surface area contributed by atoms with E-state index in [4.69, 9.17) is 0 Å². The number of piperazine rings is 1. The van der Waals surface area contributed by atoms with Crippen LogP contribution < -0.4 is 20.4 Å². The Balaban J connectivity index is 0.000000289. The highest BCUT2D eigenvalue weighted by atomic mass is 16.2. The number of rotatable bonds is 13. The van der Waals surface area contributed by atoms with Crippen molar-refractivity contribution in [1.82, 2.24) is 25.2 Å². The van der Waals surface area contributed by atoms with Gasteiger partial charge >= 0.3 is 0 Å². The standard InChI is InChI=1S/C27H36N4O2.C14H21N3.C6H9NO2.C4H10.C2H6/c1-3-24-25(21(2)33)5-4-6-26(24)30-13-10-22(11-14-30)9-12-29-15-17-31(18-16-29)27-8-7-23(20-32)19-28-27;1-4-5-6-10(2)12-7-11-9-16-14(15-3)8-13(11)17-12;1-4-2-3-5(8)7-6(4)9;1-4(2)3;1-2/h4-8,19-20,22H,3,9-18H2,1-2H3;7-10,17H,4-6H2,1-3H3,(H,15,16);4H,2-3H2,1H3,(H,7,8,9);4H,1-3H3;1-2H3. The number of ketones is 1. The maximum atomic E-state index is 12.0. The zero-order valence-corrected chi connectivity index (χ0v) is 41.8. The van der Waals surface area contributed by atoms with Gasteiger partial charge in [-0.05, 0) is 99.6 Å². The van der Waals surface area contributed by atoms with Gasteiger partial charge in [0.25, 0.3) is 0 Å². The maximum absolute atomic E-state index is 12.0. The van der Waals surface area contributed by atoms with Crippen molar-refractivity contribution < 1.29 is 19.2 Å². The summed E-state index contributed by atoms with van der Waals surface area (Å²) in [6.45, 7) is 28.1. The van der Waals surface area contributed by atoms with Crippen LogP contribution in [0.3, 0.4) is 0 Å². The molecule has 0 aliphatic carbocycles. The van der Waals surface area contributed by atoms with Crippen LogP contribution in [0.25, 0.3) is 10.9 Å². The molecule has 3 fully saturated rings. The van der Waals surface area contributed by atoms with Gasteiger partial charge in [-0.25, -0.2) is 9.97 Å². The number of H-pyrrole nitrogens is 1. The van der Waals surface area contributed by atoms with Gasteiger partial charge in [0.15, 0.2) is 12.1 Å². The van der Waals surface area contributed by atoms with Crippen LogP contribution in [-0.2, 0) is 16.0 Å². The van der Waals surface area contributed by atoms with Crippen molar-refractivity contribution in [3.05, 3.63) is 77.2 Å². The Morgan fingerprint density at radius 2 is 1.60 bits per heavy atom. The van der Waals surface area contributed by atoms with E-state index in [0.29, 0.717) is 24.3 Å². The number of imide groups is 1. The van der Waals surface area contributed by atoms with Gasteiger partial charge in [-0.2, -0.15) is 0 Å². The lowest BCUT2D eigenvalue weighted by Gasteiger charge is -2.38. The van der Waals surface area contributed by atoms with Gasteiger partial charge in [0.2, 0.25) is 11.8 Å². The van der Waals surface area contributed by atoms with Crippen LogP contribution in [-0.4, -0.2) is 96.6 Å². The minimum absolute atomic E-state index is 0.0164. The Hall–Kier alpha value is -5.10. The number of carbonyl (C=O) groups excluding carboxylic acids is 4. The number of Topliss-reactive ketones (excluding diaryl/α,β-unsaturated/α-hetero) is 1. The zero-order valence-electron chi connectivity index (χ0n) is 41.8. The van der Waals surface area contributed by atoms with E-state index in [1.807, 2.05) is 58.3 Å². The quantitative estimate of drug-likeness (QED) is 0.0674. The number of fused-ring (bicyclic) bond motifs is 1. The smallest absolute Gasteiger partial charge is 0.229 e. The second kappa shape index (κ2) is 28.7. The molecule has 2 atom stereocenters. The van der Waals surface area contributed by atoms with Crippen molar-refractivity contribution in [1.29, 1.82) is 0 Å². The molecule has 12 nitrogen and oxygen atoms in total. The van der Waals surface area contributed by atoms with E-state index < -0.39 is 0 Å². The maximum Gasteiger partial charge on any atom is 0.229 e. The van der Waals surface area contributed by atoms with Gasteiger partial charge < -0.3 is 20.1 Å². The van der Waals surface area contributed by atoms with E-state index >= 15 is 0 Å². The number of aldehydes is 1. The lowest BCUT2D eigenvalue weighted by atomic mass is 9.91. The SMILES string of the molecule is CC.CC(C)C.CC1CCC(=O)NC1=O.CCCCC(C)c1cc2cnc(NC)cc2[nH]1.CCc1c(C(C)=O)cccc1N1CCC(CCN2CCN(c3ccc(C=O)cn3)CC2)CC1. The fourth-order valence-corrected chi connectivity index (χ4v) is 8.17. The Bertz CT molecular complexity index is 2030. The third-order valence-corrected chi connectivity index (χ3v) is 12.1. The molecule has 3 aliphatic rings. The van der Waals surface area contributed by atoms with E-state index in [0.717, 1.165) is 87.6 Å². The van der Waals surface area contributed by atoms with Crippen LogP contribution in [0.5, 0.6) is 0 Å². The first-order chi connectivity index (χ1) is 31.3. The summed E-state index contributed by atoms with van der Waals surface area (Å²) in [6, 6.07) is 14.3. The third kappa shape index (κ3) is 17.7. The molecule has 0 saturated carbocycles. The number of nitrogens with zero attached hydrogens (tertiary/aromatic N) is 5. The molecule has 3 aliphatic heterocycles. The van der Waals surface area contributed by atoms with Gasteiger partial charge in [0, 0.05) is 105 Å². The molecule has 0 spiro atoms. The number of benzene rings is 1. The predicted molar refractivity (Wildman–Crippen MR) is 271 cm³/mol. The van der Waals surface area contributed by atoms with Gasteiger partial charge in [0.1, 0.15) is 11.6 Å². The molecule has 0 radical (unpaired) electrons. The first-order valence-electron chi connectivity index (χ1n) is 24.5. The molecule has 3 N–H and O–H groups in total. The van der Waals surface area contributed by atoms with Crippen molar-refractivity contribution in [2.45, 2.75) is 133 Å². The molecule has 12 heteroatoms. The van der Waals surface area contributed by atoms with E-state index in [-0.39, 0.29) is 23.5 Å². The fraction of sp³-hybridized carbons (Fsp3) is 0.585. The molecular formula is C53H82N8O4. The number of amides is 2. The number of piperidine rings is 2. The largest absolute Gasteiger partial charge is 0.373 e. The number of pyridine rings is 2. The van der Waals surface area contributed by atoms with Crippen molar-refractivity contribution in [3.63, 3.8) is 0 Å². The molecule has 3 aromatic heterocycles. The Morgan fingerprint density at radius 3 is 2.15 bits per heavy atom. The molecule has 0 bridgehead atoms. The lowest BCUT2D eigenvalue weighted by Crippen LogP contribution is -2.47. The minimum Gasteiger partial charge on any atom is -0.373 e. The van der Waals surface area contributed by atoms with E-state index in [2.05, 4.69) is 100 Å². The van der Waals surface area contributed by atoms with Crippen LogP contribution in [0, 0.1) is 17.8 Å². The van der Waals surface area contributed by atoms with Gasteiger partial charge in [-0.15, -0.1) is 0 Å². The lowest BCUT2D eigenvalue weighted by molar-refractivity contribution is -0.135. The molecule has 2 unspecified atom stereocenters. The van der Waals surface area contributed by atoms with Crippen molar-refractivity contribution in [2.75, 3.05) is 68.0 Å². The number of aromatic amines is 1. The number of unbranched alkanes of at least 4 members (excludes halogenated alkanes) is 1. The summed E-state index contributed by atoms with van der Waals surface area (Å²) in [6.07, 6.45) is 14.0. The molecule has 358 valence electrons. The molecule has 4 aromatic rings. The van der Waals surface area contributed by atoms with Gasteiger partial charge in [-0.3, -0.25) is 29.4 Å². The summed E-state index contributed by atoms with van der Waals surface area (Å²) >= 11 is 0. The number of carbonyl (C=O) groups is 4. The third-order valence-electron chi connectivity index (χ3n) is 12.1. The highest BCUT2D eigenvalue weighted by molar-refractivity contribution is 5.98. The van der Waals surface area contributed by atoms with E-state index in [1.165, 1.54) is 66.4 Å². The number of nitrogens with one attached hydrogen (secondary N) is 3. The average molecular weight is 895 g/mol. The van der Waals surface area contributed by atoms with Crippen LogP contribution in [0.4, 0.5) is 17.3 Å². The molecule has 2 amide bonds.